The van der Waals surface area contributed by atoms with Gasteiger partial charge in [0.2, 0.25) is 0 Å². The van der Waals surface area contributed by atoms with Crippen molar-refractivity contribution in [1.29, 1.82) is 0 Å². The van der Waals surface area contributed by atoms with Gasteiger partial charge in [-0.3, -0.25) is 4.68 Å². The van der Waals surface area contributed by atoms with E-state index in [9.17, 15) is 18.7 Å². The minimum absolute atomic E-state index is 0.0461. The van der Waals surface area contributed by atoms with Crippen LogP contribution in [0.4, 0.5) is 14.6 Å². The molecule has 2 N–H and O–H groups in total. The van der Waals surface area contributed by atoms with E-state index in [0.29, 0.717) is 17.0 Å². The number of carboxylic acid groups (broad SMARTS) is 1. The highest BCUT2D eigenvalue weighted by Gasteiger charge is 2.22. The van der Waals surface area contributed by atoms with Crippen molar-refractivity contribution in [3.05, 3.63) is 102 Å². The van der Waals surface area contributed by atoms with Gasteiger partial charge in [0.25, 0.3) is 0 Å². The predicted molar refractivity (Wildman–Crippen MR) is 129 cm³/mol. The first kappa shape index (κ1) is 23.8. The molecule has 0 aliphatic heterocycles. The molecule has 0 aliphatic carbocycles. The molecule has 5 aromatic rings. The average molecular weight is 502 g/mol. The molecule has 0 radical (unpaired) electrons. The number of halogens is 2. The molecule has 0 saturated heterocycles. The quantitative estimate of drug-likeness (QED) is 0.304. The lowest BCUT2D eigenvalue weighted by Gasteiger charge is -2.16. The topological polar surface area (TPSA) is 119 Å². The lowest BCUT2D eigenvalue weighted by atomic mass is 10.1. The van der Waals surface area contributed by atoms with Gasteiger partial charge >= 0.3 is 5.97 Å². The Hall–Kier alpha value is -4.93. The molecule has 0 unspecified atom stereocenters. The number of nitrogens with zero attached hydrogens (tertiary/aromatic N) is 5. The SMILES string of the molecule is O=C(O)[C@H](Cc1ccccc1)Nc1nc(-c2cc(-c3ccon3)n(Cc3ccccc3F)n2)ncc1F. The van der Waals surface area contributed by atoms with Crippen molar-refractivity contribution >= 4 is 11.8 Å². The minimum atomic E-state index is -1.16. The monoisotopic (exact) mass is 502 g/mol. The van der Waals surface area contributed by atoms with E-state index in [1.54, 1.807) is 54.6 Å². The Balaban J connectivity index is 1.48. The summed E-state index contributed by atoms with van der Waals surface area (Å²) in [4.78, 5) is 20.1. The molecule has 5 rings (SSSR count). The largest absolute Gasteiger partial charge is 0.480 e. The number of carbonyl (C=O) groups is 1. The highest BCUT2D eigenvalue weighted by Crippen LogP contribution is 2.26. The summed E-state index contributed by atoms with van der Waals surface area (Å²) in [5, 5.41) is 20.8. The predicted octanol–water partition coefficient (Wildman–Crippen LogP) is 4.43. The second-order valence-electron chi connectivity index (χ2n) is 8.16. The molecular weight excluding hydrogens is 482 g/mol. The molecule has 3 heterocycles. The molecule has 186 valence electrons. The Kier molecular flexibility index (Phi) is 6.66. The molecule has 9 nitrogen and oxygen atoms in total. The molecule has 0 spiro atoms. The molecule has 0 bridgehead atoms. The van der Waals surface area contributed by atoms with E-state index in [2.05, 4.69) is 25.5 Å². The molecule has 11 heteroatoms. The third kappa shape index (κ3) is 5.35. The summed E-state index contributed by atoms with van der Waals surface area (Å²) < 4.78 is 35.4. The Labute approximate surface area is 209 Å². The Morgan fingerprint density at radius 1 is 1.03 bits per heavy atom. The summed E-state index contributed by atoms with van der Waals surface area (Å²) in [5.74, 6) is -2.60. The van der Waals surface area contributed by atoms with Crippen LogP contribution in [0.3, 0.4) is 0 Å². The first-order valence-electron chi connectivity index (χ1n) is 11.3. The number of rotatable bonds is 9. The molecule has 2 aromatic carbocycles. The lowest BCUT2D eigenvalue weighted by Crippen LogP contribution is -2.32. The van der Waals surface area contributed by atoms with Crippen molar-refractivity contribution < 1.29 is 23.2 Å². The van der Waals surface area contributed by atoms with Gasteiger partial charge < -0.3 is 14.9 Å². The summed E-state index contributed by atoms with van der Waals surface area (Å²) >= 11 is 0. The van der Waals surface area contributed by atoms with Crippen molar-refractivity contribution in [2.45, 2.75) is 19.0 Å². The smallest absolute Gasteiger partial charge is 0.326 e. The van der Waals surface area contributed by atoms with Gasteiger partial charge in [-0.25, -0.2) is 23.5 Å². The number of aliphatic carboxylic acids is 1. The third-order valence-electron chi connectivity index (χ3n) is 5.62. The maximum absolute atomic E-state index is 14.6. The number of nitrogens with one attached hydrogen (secondary N) is 1. The fraction of sp³-hybridized carbons (Fsp3) is 0.115. The van der Waals surface area contributed by atoms with Crippen LogP contribution in [-0.4, -0.2) is 42.0 Å². The summed E-state index contributed by atoms with van der Waals surface area (Å²) in [6, 6.07) is 17.4. The van der Waals surface area contributed by atoms with Gasteiger partial charge in [0.15, 0.2) is 17.5 Å². The molecule has 0 amide bonds. The maximum Gasteiger partial charge on any atom is 0.326 e. The highest BCUT2D eigenvalue weighted by molar-refractivity contribution is 5.77. The lowest BCUT2D eigenvalue weighted by molar-refractivity contribution is -0.137. The standard InChI is InChI=1S/C26H20F2N6O3/c27-18-9-5-4-8-17(18)15-34-23(20-10-11-37-33-20)13-21(32-34)25-29-14-19(28)24(31-25)30-22(26(35)36)12-16-6-2-1-3-7-16/h1-11,13-14,22H,12,15H2,(H,35,36)(H,29,30,31)/t22-/m0/s1. The number of aromatic nitrogens is 5. The first-order chi connectivity index (χ1) is 18.0. The van der Waals surface area contributed by atoms with Gasteiger partial charge in [-0.05, 0) is 17.7 Å². The van der Waals surface area contributed by atoms with E-state index in [0.717, 1.165) is 11.8 Å². The highest BCUT2D eigenvalue weighted by atomic mass is 19.1. The van der Waals surface area contributed by atoms with E-state index >= 15 is 0 Å². The Bertz CT molecular complexity index is 1520. The van der Waals surface area contributed by atoms with Crippen LogP contribution in [0.5, 0.6) is 0 Å². The van der Waals surface area contributed by atoms with Crippen LogP contribution in [0.15, 0.2) is 83.7 Å². The summed E-state index contributed by atoms with van der Waals surface area (Å²) in [5.41, 5.74) is 2.37. The second kappa shape index (κ2) is 10.4. The number of carboxylic acids is 1. The van der Waals surface area contributed by atoms with Crippen LogP contribution < -0.4 is 5.32 Å². The summed E-state index contributed by atoms with van der Waals surface area (Å²) in [6.45, 7) is 0.0827. The van der Waals surface area contributed by atoms with Gasteiger partial charge in [0.05, 0.1) is 18.4 Å². The van der Waals surface area contributed by atoms with Crippen molar-refractivity contribution in [3.63, 3.8) is 0 Å². The maximum atomic E-state index is 14.6. The normalized spacial score (nSPS) is 11.8. The number of hydrogen-bond donors (Lipinski definition) is 2. The average Bonchev–Trinajstić information content (AvgIpc) is 3.57. The van der Waals surface area contributed by atoms with E-state index < -0.39 is 23.6 Å². The Morgan fingerprint density at radius 2 is 1.81 bits per heavy atom. The molecule has 0 saturated carbocycles. The fourth-order valence-corrected chi connectivity index (χ4v) is 3.79. The second-order valence-corrected chi connectivity index (χ2v) is 8.16. The van der Waals surface area contributed by atoms with Gasteiger partial charge in [-0.15, -0.1) is 0 Å². The molecule has 0 fully saturated rings. The van der Waals surface area contributed by atoms with Crippen LogP contribution in [0.25, 0.3) is 22.9 Å². The molecule has 3 aromatic heterocycles. The van der Waals surface area contributed by atoms with Gasteiger partial charge in [-0.2, -0.15) is 5.10 Å². The molecular formula is C26H20F2N6O3. The van der Waals surface area contributed by atoms with Gasteiger partial charge in [0, 0.05) is 18.1 Å². The minimum Gasteiger partial charge on any atom is -0.480 e. The number of benzene rings is 2. The van der Waals surface area contributed by atoms with Crippen LogP contribution in [0.2, 0.25) is 0 Å². The van der Waals surface area contributed by atoms with E-state index in [-0.39, 0.29) is 30.3 Å². The van der Waals surface area contributed by atoms with Crippen molar-refractivity contribution in [2.24, 2.45) is 0 Å². The van der Waals surface area contributed by atoms with Crippen LogP contribution >= 0.6 is 0 Å². The van der Waals surface area contributed by atoms with Gasteiger partial charge in [0.1, 0.15) is 29.5 Å². The van der Waals surface area contributed by atoms with Crippen LogP contribution in [0, 0.1) is 11.6 Å². The van der Waals surface area contributed by atoms with Gasteiger partial charge in [-0.1, -0.05) is 53.7 Å². The zero-order chi connectivity index (χ0) is 25.8. The van der Waals surface area contributed by atoms with E-state index in [1.807, 2.05) is 6.07 Å². The number of anilines is 1. The molecule has 37 heavy (non-hydrogen) atoms. The van der Waals surface area contributed by atoms with Crippen molar-refractivity contribution in [2.75, 3.05) is 5.32 Å². The van der Waals surface area contributed by atoms with Crippen LogP contribution in [0.1, 0.15) is 11.1 Å². The fourth-order valence-electron chi connectivity index (χ4n) is 3.79. The summed E-state index contributed by atoms with van der Waals surface area (Å²) in [6.07, 6.45) is 2.45. The zero-order valence-electron chi connectivity index (χ0n) is 19.3. The summed E-state index contributed by atoms with van der Waals surface area (Å²) in [7, 11) is 0. The first-order valence-corrected chi connectivity index (χ1v) is 11.3. The Morgan fingerprint density at radius 3 is 2.54 bits per heavy atom. The van der Waals surface area contributed by atoms with E-state index in [1.165, 1.54) is 17.0 Å². The van der Waals surface area contributed by atoms with Crippen molar-refractivity contribution in [3.8, 4) is 22.9 Å². The molecule has 0 aliphatic rings. The van der Waals surface area contributed by atoms with E-state index in [4.69, 9.17) is 4.52 Å². The zero-order valence-corrected chi connectivity index (χ0v) is 19.3. The van der Waals surface area contributed by atoms with Crippen LogP contribution in [-0.2, 0) is 17.8 Å². The molecule has 1 atom stereocenters. The van der Waals surface area contributed by atoms with Crippen molar-refractivity contribution in [1.82, 2.24) is 24.9 Å². The number of hydrogen-bond acceptors (Lipinski definition) is 7. The third-order valence-corrected chi connectivity index (χ3v) is 5.62.